The molecule has 2 aromatic carbocycles. The zero-order valence-electron chi connectivity index (χ0n) is 16.3. The SMILES string of the molecule is COc1ccc(NC(=O)C(C(C)C)n2nnc(-c3ccccc3)n2)c(OC)c1. The van der Waals surface area contributed by atoms with Crippen LogP contribution in [0.5, 0.6) is 11.5 Å². The van der Waals surface area contributed by atoms with E-state index in [4.69, 9.17) is 9.47 Å². The Labute approximate surface area is 163 Å². The number of hydrogen-bond donors (Lipinski definition) is 1. The maximum atomic E-state index is 13.0. The van der Waals surface area contributed by atoms with Crippen LogP contribution in [0, 0.1) is 5.92 Å². The normalized spacial score (nSPS) is 11.9. The molecule has 1 N–H and O–H groups in total. The fourth-order valence-electron chi connectivity index (χ4n) is 2.83. The van der Waals surface area contributed by atoms with Gasteiger partial charge in [0.1, 0.15) is 11.5 Å². The average molecular weight is 381 g/mol. The first-order valence-corrected chi connectivity index (χ1v) is 8.91. The number of rotatable bonds is 7. The summed E-state index contributed by atoms with van der Waals surface area (Å²) in [5.41, 5.74) is 1.39. The first kappa shape index (κ1) is 19.3. The summed E-state index contributed by atoms with van der Waals surface area (Å²) >= 11 is 0. The molecule has 1 heterocycles. The first-order chi connectivity index (χ1) is 13.5. The number of ether oxygens (including phenoxy) is 2. The van der Waals surface area contributed by atoms with Crippen LogP contribution < -0.4 is 14.8 Å². The van der Waals surface area contributed by atoms with Crippen molar-refractivity contribution in [2.45, 2.75) is 19.9 Å². The van der Waals surface area contributed by atoms with E-state index in [1.165, 1.54) is 11.9 Å². The number of nitrogens with zero attached hydrogens (tertiary/aromatic N) is 4. The van der Waals surface area contributed by atoms with Crippen LogP contribution in [0.3, 0.4) is 0 Å². The van der Waals surface area contributed by atoms with E-state index >= 15 is 0 Å². The predicted octanol–water partition coefficient (Wildman–Crippen LogP) is 3.19. The van der Waals surface area contributed by atoms with Gasteiger partial charge in [-0.15, -0.1) is 10.2 Å². The van der Waals surface area contributed by atoms with Gasteiger partial charge in [0.25, 0.3) is 5.91 Å². The molecule has 28 heavy (non-hydrogen) atoms. The van der Waals surface area contributed by atoms with E-state index in [1.54, 1.807) is 25.3 Å². The lowest BCUT2D eigenvalue weighted by Crippen LogP contribution is -2.31. The number of tetrazole rings is 1. The van der Waals surface area contributed by atoms with Crippen molar-refractivity contribution in [3.8, 4) is 22.9 Å². The Kier molecular flexibility index (Phi) is 5.88. The standard InChI is InChI=1S/C20H23N5O3/c1-13(2)18(25-23-19(22-24-25)14-8-6-5-7-9-14)20(26)21-16-11-10-15(27-3)12-17(16)28-4/h5-13,18H,1-4H3,(H,21,26). The summed E-state index contributed by atoms with van der Waals surface area (Å²) < 4.78 is 10.5. The summed E-state index contributed by atoms with van der Waals surface area (Å²) in [5, 5.41) is 15.5. The molecular formula is C20H23N5O3. The van der Waals surface area contributed by atoms with E-state index in [9.17, 15) is 4.79 Å². The lowest BCUT2D eigenvalue weighted by Gasteiger charge is -2.20. The molecule has 0 saturated heterocycles. The number of aromatic nitrogens is 4. The van der Waals surface area contributed by atoms with Crippen LogP contribution in [0.25, 0.3) is 11.4 Å². The largest absolute Gasteiger partial charge is 0.497 e. The van der Waals surface area contributed by atoms with Crippen molar-refractivity contribution in [1.82, 2.24) is 20.2 Å². The van der Waals surface area contributed by atoms with E-state index in [-0.39, 0.29) is 11.8 Å². The lowest BCUT2D eigenvalue weighted by atomic mass is 10.0. The molecule has 3 aromatic rings. The highest BCUT2D eigenvalue weighted by Gasteiger charge is 2.28. The van der Waals surface area contributed by atoms with E-state index in [2.05, 4.69) is 20.7 Å². The zero-order chi connectivity index (χ0) is 20.1. The van der Waals surface area contributed by atoms with Gasteiger partial charge in [0.05, 0.1) is 19.9 Å². The topological polar surface area (TPSA) is 91.2 Å². The lowest BCUT2D eigenvalue weighted by molar-refractivity contribution is -0.121. The van der Waals surface area contributed by atoms with Gasteiger partial charge < -0.3 is 14.8 Å². The Hall–Kier alpha value is -3.42. The summed E-state index contributed by atoms with van der Waals surface area (Å²) in [6, 6.07) is 14.1. The maximum Gasteiger partial charge on any atom is 0.251 e. The second kappa shape index (κ2) is 8.51. The number of anilines is 1. The highest BCUT2D eigenvalue weighted by atomic mass is 16.5. The van der Waals surface area contributed by atoms with Gasteiger partial charge in [0.2, 0.25) is 5.82 Å². The highest BCUT2D eigenvalue weighted by Crippen LogP contribution is 2.30. The minimum Gasteiger partial charge on any atom is -0.497 e. The molecule has 1 amide bonds. The minimum absolute atomic E-state index is 0.0536. The molecule has 1 unspecified atom stereocenters. The van der Waals surface area contributed by atoms with Gasteiger partial charge in [-0.3, -0.25) is 4.79 Å². The van der Waals surface area contributed by atoms with Gasteiger partial charge in [0.15, 0.2) is 6.04 Å². The van der Waals surface area contributed by atoms with E-state index in [1.807, 2.05) is 44.2 Å². The van der Waals surface area contributed by atoms with Crippen molar-refractivity contribution in [2.75, 3.05) is 19.5 Å². The molecular weight excluding hydrogens is 358 g/mol. The molecule has 0 saturated carbocycles. The van der Waals surface area contributed by atoms with Gasteiger partial charge in [-0.05, 0) is 23.3 Å². The van der Waals surface area contributed by atoms with E-state index < -0.39 is 6.04 Å². The number of hydrogen-bond acceptors (Lipinski definition) is 6. The molecule has 0 fully saturated rings. The quantitative estimate of drug-likeness (QED) is 0.676. The zero-order valence-corrected chi connectivity index (χ0v) is 16.3. The number of benzene rings is 2. The number of amides is 1. The fourth-order valence-corrected chi connectivity index (χ4v) is 2.83. The number of carbonyl (C=O) groups is 1. The van der Waals surface area contributed by atoms with Crippen molar-refractivity contribution >= 4 is 11.6 Å². The van der Waals surface area contributed by atoms with Crippen LogP contribution in [0.1, 0.15) is 19.9 Å². The molecule has 0 bridgehead atoms. The Morgan fingerprint density at radius 3 is 2.46 bits per heavy atom. The van der Waals surface area contributed by atoms with Crippen LogP contribution in [-0.2, 0) is 4.79 Å². The molecule has 8 heteroatoms. The Bertz CT molecular complexity index is 940. The molecule has 1 aromatic heterocycles. The summed E-state index contributed by atoms with van der Waals surface area (Å²) in [6.45, 7) is 3.86. The summed E-state index contributed by atoms with van der Waals surface area (Å²) in [5.74, 6) is 1.31. The van der Waals surface area contributed by atoms with Crippen molar-refractivity contribution in [2.24, 2.45) is 5.92 Å². The minimum atomic E-state index is -0.628. The molecule has 146 valence electrons. The summed E-state index contributed by atoms with van der Waals surface area (Å²) in [6.07, 6.45) is 0. The van der Waals surface area contributed by atoms with E-state index in [0.717, 1.165) is 5.56 Å². The summed E-state index contributed by atoms with van der Waals surface area (Å²) in [7, 11) is 3.11. The maximum absolute atomic E-state index is 13.0. The van der Waals surface area contributed by atoms with Gasteiger partial charge in [-0.2, -0.15) is 4.80 Å². The average Bonchev–Trinajstić information content (AvgIpc) is 3.18. The van der Waals surface area contributed by atoms with Gasteiger partial charge in [0, 0.05) is 11.6 Å². The first-order valence-electron chi connectivity index (χ1n) is 8.91. The van der Waals surface area contributed by atoms with Crippen molar-refractivity contribution in [3.63, 3.8) is 0 Å². The number of nitrogens with one attached hydrogen (secondary N) is 1. The molecule has 0 aliphatic rings. The highest BCUT2D eigenvalue weighted by molar-refractivity contribution is 5.95. The van der Waals surface area contributed by atoms with Gasteiger partial charge >= 0.3 is 0 Å². The third-order valence-corrected chi connectivity index (χ3v) is 4.28. The molecule has 0 radical (unpaired) electrons. The van der Waals surface area contributed by atoms with E-state index in [0.29, 0.717) is 23.0 Å². The Balaban J connectivity index is 1.85. The Morgan fingerprint density at radius 1 is 1.07 bits per heavy atom. The number of methoxy groups -OCH3 is 2. The number of carbonyl (C=O) groups excluding carboxylic acids is 1. The van der Waals surface area contributed by atoms with Crippen LogP contribution in [0.4, 0.5) is 5.69 Å². The molecule has 8 nitrogen and oxygen atoms in total. The van der Waals surface area contributed by atoms with Crippen LogP contribution in [0.15, 0.2) is 48.5 Å². The van der Waals surface area contributed by atoms with Crippen molar-refractivity contribution < 1.29 is 14.3 Å². The summed E-state index contributed by atoms with van der Waals surface area (Å²) in [4.78, 5) is 14.4. The van der Waals surface area contributed by atoms with Gasteiger partial charge in [-0.1, -0.05) is 44.2 Å². The van der Waals surface area contributed by atoms with Crippen LogP contribution >= 0.6 is 0 Å². The second-order valence-electron chi connectivity index (χ2n) is 6.54. The molecule has 0 spiro atoms. The molecule has 0 aliphatic carbocycles. The second-order valence-corrected chi connectivity index (χ2v) is 6.54. The molecule has 1 atom stereocenters. The third kappa shape index (κ3) is 4.11. The molecule has 3 rings (SSSR count). The smallest absolute Gasteiger partial charge is 0.251 e. The monoisotopic (exact) mass is 381 g/mol. The van der Waals surface area contributed by atoms with Crippen molar-refractivity contribution in [1.29, 1.82) is 0 Å². The fraction of sp³-hybridized carbons (Fsp3) is 0.300. The van der Waals surface area contributed by atoms with Crippen LogP contribution in [-0.4, -0.2) is 40.3 Å². The Morgan fingerprint density at radius 2 is 1.82 bits per heavy atom. The van der Waals surface area contributed by atoms with Gasteiger partial charge in [-0.25, -0.2) is 0 Å². The molecule has 0 aliphatic heterocycles. The predicted molar refractivity (Wildman–Crippen MR) is 105 cm³/mol. The third-order valence-electron chi connectivity index (χ3n) is 4.28. The van der Waals surface area contributed by atoms with Crippen LogP contribution in [0.2, 0.25) is 0 Å². The van der Waals surface area contributed by atoms with Crippen molar-refractivity contribution in [3.05, 3.63) is 48.5 Å².